The summed E-state index contributed by atoms with van der Waals surface area (Å²) in [5.41, 5.74) is -0.625. The van der Waals surface area contributed by atoms with Crippen LogP contribution in [0.25, 0.3) is 0 Å². The van der Waals surface area contributed by atoms with Crippen LogP contribution in [-0.4, -0.2) is 60.5 Å². The molecule has 18 heavy (non-hydrogen) atoms. The van der Waals surface area contributed by atoms with E-state index in [9.17, 15) is 15.0 Å². The lowest BCUT2D eigenvalue weighted by molar-refractivity contribution is -0.153. The van der Waals surface area contributed by atoms with Crippen molar-refractivity contribution in [3.05, 3.63) is 0 Å². The number of β-amino-alcohol motifs (C(OH)–C–C–N with tert-alkyl or cyclic N) is 1. The van der Waals surface area contributed by atoms with Crippen molar-refractivity contribution in [2.24, 2.45) is 5.41 Å². The van der Waals surface area contributed by atoms with Crippen molar-refractivity contribution in [1.82, 2.24) is 4.90 Å². The lowest BCUT2D eigenvalue weighted by Crippen LogP contribution is -2.50. The van der Waals surface area contributed by atoms with Crippen molar-refractivity contribution < 1.29 is 19.7 Å². The molecular weight excluding hydrogens is 234 g/mol. The number of piperidine rings is 1. The van der Waals surface area contributed by atoms with Gasteiger partial charge in [-0.15, -0.1) is 0 Å². The van der Waals surface area contributed by atoms with Gasteiger partial charge in [-0.05, 0) is 25.8 Å². The highest BCUT2D eigenvalue weighted by Gasteiger charge is 2.41. The van der Waals surface area contributed by atoms with E-state index in [0.717, 1.165) is 25.8 Å². The van der Waals surface area contributed by atoms with Crippen LogP contribution >= 0.6 is 0 Å². The van der Waals surface area contributed by atoms with Gasteiger partial charge in [0.25, 0.3) is 0 Å². The van der Waals surface area contributed by atoms with Crippen molar-refractivity contribution in [3.8, 4) is 0 Å². The van der Waals surface area contributed by atoms with Gasteiger partial charge in [0, 0.05) is 20.2 Å². The van der Waals surface area contributed by atoms with Crippen LogP contribution in [0.4, 0.5) is 0 Å². The quantitative estimate of drug-likeness (QED) is 0.712. The largest absolute Gasteiger partial charge is 0.481 e. The molecule has 0 saturated carbocycles. The molecule has 0 amide bonds. The van der Waals surface area contributed by atoms with Gasteiger partial charge >= 0.3 is 5.97 Å². The molecule has 5 heteroatoms. The second kappa shape index (κ2) is 7.07. The molecule has 1 rings (SSSR count). The second-order valence-corrected chi connectivity index (χ2v) is 5.28. The number of carbonyl (C=O) groups is 1. The van der Waals surface area contributed by atoms with E-state index >= 15 is 0 Å². The molecule has 1 aliphatic heterocycles. The number of rotatable bonds is 7. The molecule has 0 bridgehead atoms. The number of methoxy groups -OCH3 is 1. The van der Waals surface area contributed by atoms with Crippen molar-refractivity contribution >= 4 is 5.97 Å². The van der Waals surface area contributed by atoms with E-state index in [2.05, 4.69) is 4.90 Å². The van der Waals surface area contributed by atoms with Crippen molar-refractivity contribution in [2.75, 3.05) is 33.4 Å². The molecule has 2 unspecified atom stereocenters. The fourth-order valence-electron chi connectivity index (χ4n) is 2.89. The van der Waals surface area contributed by atoms with Gasteiger partial charge in [-0.1, -0.05) is 13.3 Å². The Bertz CT molecular complexity index is 268. The summed E-state index contributed by atoms with van der Waals surface area (Å²) in [4.78, 5) is 13.6. The molecule has 106 valence electrons. The maximum absolute atomic E-state index is 11.5. The van der Waals surface area contributed by atoms with E-state index in [1.165, 1.54) is 0 Å². The van der Waals surface area contributed by atoms with Crippen molar-refractivity contribution in [1.29, 1.82) is 0 Å². The Balaban J connectivity index is 2.60. The average molecular weight is 259 g/mol. The van der Waals surface area contributed by atoms with E-state index in [0.29, 0.717) is 26.1 Å². The van der Waals surface area contributed by atoms with Gasteiger partial charge in [-0.2, -0.15) is 0 Å². The summed E-state index contributed by atoms with van der Waals surface area (Å²) in [7, 11) is 1.55. The van der Waals surface area contributed by atoms with Gasteiger partial charge in [0.15, 0.2) is 0 Å². The second-order valence-electron chi connectivity index (χ2n) is 5.28. The molecule has 5 nitrogen and oxygen atoms in total. The van der Waals surface area contributed by atoms with Gasteiger partial charge < -0.3 is 14.9 Å². The molecule has 2 atom stereocenters. The van der Waals surface area contributed by atoms with Crippen LogP contribution in [-0.2, 0) is 9.53 Å². The van der Waals surface area contributed by atoms with Crippen molar-refractivity contribution in [2.45, 2.75) is 38.7 Å². The Morgan fingerprint density at radius 3 is 2.83 bits per heavy atom. The third kappa shape index (κ3) is 3.93. The summed E-state index contributed by atoms with van der Waals surface area (Å²) in [5, 5.41) is 19.2. The number of carboxylic acids is 1. The van der Waals surface area contributed by atoms with Crippen LogP contribution < -0.4 is 0 Å². The number of ether oxygens (including phenoxy) is 1. The predicted molar refractivity (Wildman–Crippen MR) is 68.5 cm³/mol. The monoisotopic (exact) mass is 259 g/mol. The maximum atomic E-state index is 11.5. The first-order valence-electron chi connectivity index (χ1n) is 6.67. The highest BCUT2D eigenvalue weighted by atomic mass is 16.5. The zero-order chi connectivity index (χ0) is 13.6. The number of nitrogens with zero attached hydrogens (tertiary/aromatic N) is 1. The molecule has 0 aromatic rings. The van der Waals surface area contributed by atoms with Crippen LogP contribution in [0.3, 0.4) is 0 Å². The van der Waals surface area contributed by atoms with Crippen LogP contribution in [0.5, 0.6) is 0 Å². The van der Waals surface area contributed by atoms with Gasteiger partial charge in [0.2, 0.25) is 0 Å². The summed E-state index contributed by atoms with van der Waals surface area (Å²) >= 11 is 0. The molecule has 1 heterocycles. The molecule has 0 spiro atoms. The molecule has 0 aliphatic carbocycles. The molecule has 0 aromatic carbocycles. The van der Waals surface area contributed by atoms with E-state index in [4.69, 9.17) is 4.74 Å². The van der Waals surface area contributed by atoms with E-state index in [1.54, 1.807) is 7.11 Å². The zero-order valence-corrected chi connectivity index (χ0v) is 11.4. The lowest BCUT2D eigenvalue weighted by atomic mass is 9.76. The van der Waals surface area contributed by atoms with Crippen molar-refractivity contribution in [3.63, 3.8) is 0 Å². The zero-order valence-electron chi connectivity index (χ0n) is 11.4. The third-order valence-corrected chi connectivity index (χ3v) is 3.67. The Kier molecular flexibility index (Phi) is 6.05. The summed E-state index contributed by atoms with van der Waals surface area (Å²) in [5.74, 6) is -0.699. The highest BCUT2D eigenvalue weighted by Crippen LogP contribution is 2.35. The first-order valence-corrected chi connectivity index (χ1v) is 6.67. The van der Waals surface area contributed by atoms with Crippen LogP contribution in [0.15, 0.2) is 0 Å². The minimum Gasteiger partial charge on any atom is -0.481 e. The lowest BCUT2D eigenvalue weighted by Gasteiger charge is -2.40. The Morgan fingerprint density at radius 1 is 1.56 bits per heavy atom. The SMILES string of the molecule is CCCC1(C(=O)O)CCCN(CC(O)COC)C1. The van der Waals surface area contributed by atoms with Crippen LogP contribution in [0, 0.1) is 5.41 Å². The maximum Gasteiger partial charge on any atom is 0.310 e. The van der Waals surface area contributed by atoms with Gasteiger partial charge in [-0.3, -0.25) is 9.69 Å². The molecule has 1 saturated heterocycles. The van der Waals surface area contributed by atoms with E-state index in [1.807, 2.05) is 6.92 Å². The normalized spacial score (nSPS) is 27.1. The van der Waals surface area contributed by atoms with Gasteiger partial charge in [0.05, 0.1) is 18.1 Å². The minimum absolute atomic E-state index is 0.296. The predicted octanol–water partition coefficient (Wildman–Crippen LogP) is 0.961. The highest BCUT2D eigenvalue weighted by molar-refractivity contribution is 5.75. The standard InChI is InChI=1S/C13H25NO4/c1-3-5-13(12(16)17)6-4-7-14(10-13)8-11(15)9-18-2/h11,15H,3-10H2,1-2H3,(H,16,17). The van der Waals surface area contributed by atoms with E-state index < -0.39 is 17.5 Å². The summed E-state index contributed by atoms with van der Waals surface area (Å²) in [6.45, 7) is 4.21. The molecule has 0 radical (unpaired) electrons. The number of aliphatic hydroxyl groups is 1. The first kappa shape index (κ1) is 15.4. The van der Waals surface area contributed by atoms with Gasteiger partial charge in [0.1, 0.15) is 0 Å². The number of likely N-dealkylation sites (tertiary alicyclic amines) is 1. The summed E-state index contributed by atoms with van der Waals surface area (Å²) in [6, 6.07) is 0. The molecule has 0 aromatic heterocycles. The average Bonchev–Trinajstić information content (AvgIpc) is 2.29. The minimum atomic E-state index is -0.699. The topological polar surface area (TPSA) is 70.0 Å². The van der Waals surface area contributed by atoms with E-state index in [-0.39, 0.29) is 0 Å². The van der Waals surface area contributed by atoms with Crippen LogP contribution in [0.2, 0.25) is 0 Å². The summed E-state index contributed by atoms with van der Waals surface area (Å²) in [6.07, 6.45) is 2.67. The Morgan fingerprint density at radius 2 is 2.28 bits per heavy atom. The number of hydrogen-bond acceptors (Lipinski definition) is 4. The molecular formula is C13H25NO4. The molecule has 1 aliphatic rings. The molecule has 2 N–H and O–H groups in total. The number of carboxylic acid groups (broad SMARTS) is 1. The smallest absolute Gasteiger partial charge is 0.310 e. The fraction of sp³-hybridized carbons (Fsp3) is 0.923. The van der Waals surface area contributed by atoms with Gasteiger partial charge in [-0.25, -0.2) is 0 Å². The fourth-order valence-corrected chi connectivity index (χ4v) is 2.89. The van der Waals surface area contributed by atoms with Crippen LogP contribution in [0.1, 0.15) is 32.6 Å². The first-order chi connectivity index (χ1) is 8.54. The number of aliphatic carboxylic acids is 1. The Labute approximate surface area is 109 Å². The molecule has 1 fully saturated rings. The summed E-state index contributed by atoms with van der Waals surface area (Å²) < 4.78 is 4.90. The Hall–Kier alpha value is -0.650. The third-order valence-electron chi connectivity index (χ3n) is 3.67. The number of aliphatic hydroxyl groups excluding tert-OH is 1. The number of hydrogen-bond donors (Lipinski definition) is 2.